The zero-order valence-electron chi connectivity index (χ0n) is 21.3. The van der Waals surface area contributed by atoms with Crippen LogP contribution in [0.25, 0.3) is 6.08 Å². The average Bonchev–Trinajstić information content (AvgIpc) is 2.93. The molecule has 0 bridgehead atoms. The molecular formula is C30H32N4O3. The Kier molecular flexibility index (Phi) is 7.06. The van der Waals surface area contributed by atoms with Gasteiger partial charge in [-0.15, -0.1) is 0 Å². The number of anilines is 2. The zero-order chi connectivity index (χ0) is 25.8. The Morgan fingerprint density at radius 1 is 0.973 bits per heavy atom. The summed E-state index contributed by atoms with van der Waals surface area (Å²) in [5.41, 5.74) is 2.05. The SMILES string of the molecule is CC1(C)C(=O)/C(=C/c2cccc(N3CCOCC3)n2)CN(C(=O)Nc2ccccc2)C1c1ccccc1. The number of rotatable bonds is 4. The lowest BCUT2D eigenvalue weighted by Crippen LogP contribution is -2.53. The molecule has 0 radical (unpaired) electrons. The van der Waals surface area contributed by atoms with Gasteiger partial charge < -0.3 is 19.9 Å². The molecule has 7 heteroatoms. The fourth-order valence-electron chi connectivity index (χ4n) is 5.19. The topological polar surface area (TPSA) is 74.8 Å². The van der Waals surface area contributed by atoms with E-state index in [-0.39, 0.29) is 18.4 Å². The van der Waals surface area contributed by atoms with E-state index in [1.165, 1.54) is 0 Å². The Balaban J connectivity index is 1.50. The number of urea groups is 1. The van der Waals surface area contributed by atoms with Gasteiger partial charge in [-0.2, -0.15) is 0 Å². The maximum absolute atomic E-state index is 13.9. The second-order valence-electron chi connectivity index (χ2n) is 9.98. The first kappa shape index (κ1) is 24.7. The van der Waals surface area contributed by atoms with Gasteiger partial charge >= 0.3 is 6.03 Å². The van der Waals surface area contributed by atoms with Crippen molar-refractivity contribution in [3.8, 4) is 0 Å². The molecule has 2 amide bonds. The minimum absolute atomic E-state index is 0.0173. The van der Waals surface area contributed by atoms with Gasteiger partial charge in [0, 0.05) is 24.4 Å². The molecule has 1 unspecified atom stereocenters. The van der Waals surface area contributed by atoms with Gasteiger partial charge in [0.05, 0.1) is 36.9 Å². The van der Waals surface area contributed by atoms with Crippen LogP contribution in [-0.4, -0.2) is 54.5 Å². The van der Waals surface area contributed by atoms with Crippen molar-refractivity contribution in [3.63, 3.8) is 0 Å². The normalized spacial score (nSPS) is 20.6. The molecule has 2 aliphatic rings. The standard InChI is InChI=1S/C30H32N4O3/c1-30(2)27(22-10-5-3-6-11-22)34(29(36)32-24-12-7-4-8-13-24)21-23(28(30)35)20-25-14-9-15-26(31-25)33-16-18-37-19-17-33/h3-15,20,27H,16-19,21H2,1-2H3,(H,32,36)/b23-20+. The summed E-state index contributed by atoms with van der Waals surface area (Å²) in [4.78, 5) is 36.3. The third-order valence-electron chi connectivity index (χ3n) is 7.03. The highest BCUT2D eigenvalue weighted by Crippen LogP contribution is 2.45. The Morgan fingerprint density at radius 2 is 1.65 bits per heavy atom. The van der Waals surface area contributed by atoms with Crippen molar-refractivity contribution in [1.29, 1.82) is 0 Å². The van der Waals surface area contributed by atoms with E-state index in [2.05, 4.69) is 10.2 Å². The molecule has 1 N–H and O–H groups in total. The molecule has 2 saturated heterocycles. The van der Waals surface area contributed by atoms with Gasteiger partial charge in [-0.25, -0.2) is 9.78 Å². The molecule has 1 atom stereocenters. The molecule has 37 heavy (non-hydrogen) atoms. The Labute approximate surface area is 217 Å². The molecule has 2 aromatic carbocycles. The minimum atomic E-state index is -0.846. The number of hydrogen-bond donors (Lipinski definition) is 1. The first-order valence-electron chi connectivity index (χ1n) is 12.7. The Bertz CT molecular complexity index is 1280. The third-order valence-corrected chi connectivity index (χ3v) is 7.03. The predicted molar refractivity (Wildman–Crippen MR) is 145 cm³/mol. The van der Waals surface area contributed by atoms with Gasteiger partial charge in [0.15, 0.2) is 5.78 Å². The summed E-state index contributed by atoms with van der Waals surface area (Å²) in [6.45, 7) is 6.93. The lowest BCUT2D eigenvalue weighted by molar-refractivity contribution is -0.129. The van der Waals surface area contributed by atoms with E-state index in [9.17, 15) is 9.59 Å². The van der Waals surface area contributed by atoms with E-state index in [0.29, 0.717) is 30.2 Å². The summed E-state index contributed by atoms with van der Waals surface area (Å²) in [6.07, 6.45) is 1.83. The fraction of sp³-hybridized carbons (Fsp3) is 0.300. The number of likely N-dealkylation sites (tertiary alicyclic amines) is 1. The quantitative estimate of drug-likeness (QED) is 0.504. The van der Waals surface area contributed by atoms with Crippen LogP contribution in [0.15, 0.2) is 84.4 Å². The van der Waals surface area contributed by atoms with E-state index in [1.54, 1.807) is 4.90 Å². The molecule has 2 aliphatic heterocycles. The van der Waals surface area contributed by atoms with E-state index < -0.39 is 11.5 Å². The van der Waals surface area contributed by atoms with Crippen LogP contribution < -0.4 is 10.2 Å². The molecular weight excluding hydrogens is 464 g/mol. The van der Waals surface area contributed by atoms with Crippen LogP contribution in [0.2, 0.25) is 0 Å². The van der Waals surface area contributed by atoms with E-state index in [4.69, 9.17) is 9.72 Å². The number of carbonyl (C=O) groups excluding carboxylic acids is 2. The highest BCUT2D eigenvalue weighted by Gasteiger charge is 2.48. The highest BCUT2D eigenvalue weighted by atomic mass is 16.5. The number of nitrogens with one attached hydrogen (secondary N) is 1. The number of morpholine rings is 1. The fourth-order valence-corrected chi connectivity index (χ4v) is 5.19. The van der Waals surface area contributed by atoms with Crippen LogP contribution >= 0.6 is 0 Å². The van der Waals surface area contributed by atoms with Crippen LogP contribution in [-0.2, 0) is 9.53 Å². The van der Waals surface area contributed by atoms with Gasteiger partial charge in [-0.3, -0.25) is 4.79 Å². The number of hydrogen-bond acceptors (Lipinski definition) is 5. The molecule has 5 rings (SSSR count). The number of carbonyl (C=O) groups is 2. The smallest absolute Gasteiger partial charge is 0.322 e. The molecule has 190 valence electrons. The summed E-state index contributed by atoms with van der Waals surface area (Å²) >= 11 is 0. The number of ether oxygens (including phenoxy) is 1. The lowest BCUT2D eigenvalue weighted by atomic mass is 9.70. The maximum atomic E-state index is 13.9. The summed E-state index contributed by atoms with van der Waals surface area (Å²) in [5, 5.41) is 3.01. The number of amides is 2. The summed E-state index contributed by atoms with van der Waals surface area (Å²) in [7, 11) is 0. The van der Waals surface area contributed by atoms with Crippen molar-refractivity contribution in [2.45, 2.75) is 19.9 Å². The van der Waals surface area contributed by atoms with Crippen molar-refractivity contribution in [3.05, 3.63) is 95.7 Å². The maximum Gasteiger partial charge on any atom is 0.322 e. The third kappa shape index (κ3) is 5.27. The Hall–Kier alpha value is -3.97. The molecule has 0 aliphatic carbocycles. The molecule has 1 aromatic heterocycles. The molecule has 0 spiro atoms. The monoisotopic (exact) mass is 496 g/mol. The predicted octanol–water partition coefficient (Wildman–Crippen LogP) is 5.19. The summed E-state index contributed by atoms with van der Waals surface area (Å²) < 4.78 is 5.46. The number of nitrogens with zero attached hydrogens (tertiary/aromatic N) is 3. The van der Waals surface area contributed by atoms with Crippen molar-refractivity contribution >= 4 is 29.4 Å². The van der Waals surface area contributed by atoms with Crippen molar-refractivity contribution in [2.75, 3.05) is 43.1 Å². The van der Waals surface area contributed by atoms with E-state index in [0.717, 1.165) is 24.5 Å². The van der Waals surface area contributed by atoms with Crippen molar-refractivity contribution in [2.24, 2.45) is 5.41 Å². The van der Waals surface area contributed by atoms with Crippen LogP contribution in [0.5, 0.6) is 0 Å². The number of para-hydroxylation sites is 1. The van der Waals surface area contributed by atoms with Crippen LogP contribution in [0.3, 0.4) is 0 Å². The van der Waals surface area contributed by atoms with E-state index in [1.807, 2.05) is 98.8 Å². The number of benzene rings is 2. The lowest BCUT2D eigenvalue weighted by Gasteiger charge is -2.46. The van der Waals surface area contributed by atoms with Gasteiger partial charge in [-0.05, 0) is 35.9 Å². The second kappa shape index (κ2) is 10.6. The first-order chi connectivity index (χ1) is 17.9. The number of pyridine rings is 1. The van der Waals surface area contributed by atoms with Crippen LogP contribution in [0.1, 0.15) is 31.1 Å². The van der Waals surface area contributed by atoms with Crippen LogP contribution in [0.4, 0.5) is 16.3 Å². The largest absolute Gasteiger partial charge is 0.378 e. The molecule has 3 heterocycles. The van der Waals surface area contributed by atoms with Crippen molar-refractivity contribution < 1.29 is 14.3 Å². The van der Waals surface area contributed by atoms with Crippen LogP contribution in [0, 0.1) is 5.41 Å². The number of Topliss-reactive ketones (excluding diaryl/α,β-unsaturated/α-hetero) is 1. The minimum Gasteiger partial charge on any atom is -0.378 e. The highest BCUT2D eigenvalue weighted by molar-refractivity contribution is 6.06. The number of piperidine rings is 1. The van der Waals surface area contributed by atoms with Gasteiger partial charge in [0.2, 0.25) is 0 Å². The number of ketones is 1. The molecule has 7 nitrogen and oxygen atoms in total. The average molecular weight is 497 g/mol. The second-order valence-corrected chi connectivity index (χ2v) is 9.98. The van der Waals surface area contributed by atoms with Gasteiger partial charge in [0.1, 0.15) is 5.82 Å². The number of aromatic nitrogens is 1. The van der Waals surface area contributed by atoms with E-state index >= 15 is 0 Å². The molecule has 3 aromatic rings. The first-order valence-corrected chi connectivity index (χ1v) is 12.7. The van der Waals surface area contributed by atoms with Gasteiger partial charge in [0.25, 0.3) is 0 Å². The van der Waals surface area contributed by atoms with Gasteiger partial charge in [-0.1, -0.05) is 68.4 Å². The molecule has 2 fully saturated rings. The summed E-state index contributed by atoms with van der Waals surface area (Å²) in [6, 6.07) is 24.3. The zero-order valence-corrected chi connectivity index (χ0v) is 21.3. The molecule has 0 saturated carbocycles. The van der Waals surface area contributed by atoms with Crippen molar-refractivity contribution in [1.82, 2.24) is 9.88 Å². The summed E-state index contributed by atoms with van der Waals surface area (Å²) in [5.74, 6) is 0.879. The Morgan fingerprint density at radius 3 is 2.35 bits per heavy atom.